The van der Waals surface area contributed by atoms with Gasteiger partial charge in [0.1, 0.15) is 5.82 Å². The summed E-state index contributed by atoms with van der Waals surface area (Å²) >= 11 is 0. The Labute approximate surface area is 83.5 Å². The molecule has 0 saturated heterocycles. The molecule has 1 aromatic rings. The van der Waals surface area contributed by atoms with Crippen molar-refractivity contribution in [2.75, 3.05) is 11.9 Å². The number of rotatable bonds is 4. The van der Waals surface area contributed by atoms with Crippen molar-refractivity contribution in [3.05, 3.63) is 29.6 Å². The highest BCUT2D eigenvalue weighted by atomic mass is 19.2. The number of anilines is 1. The van der Waals surface area contributed by atoms with Gasteiger partial charge in [-0.2, -0.15) is 0 Å². The van der Waals surface area contributed by atoms with Crippen LogP contribution in [0.15, 0.2) is 12.1 Å². The molecule has 0 amide bonds. The Morgan fingerprint density at radius 3 is 2.60 bits per heavy atom. The molecule has 0 atom stereocenters. The van der Waals surface area contributed by atoms with E-state index in [1.54, 1.807) is 0 Å². The fourth-order valence-electron chi connectivity index (χ4n) is 0.989. The number of benzene rings is 1. The molecule has 2 N–H and O–H groups in total. The molecule has 0 fully saturated rings. The molecule has 1 rings (SSSR count). The number of hydrogen-bond acceptors (Lipinski definition) is 2. The summed E-state index contributed by atoms with van der Waals surface area (Å²) in [5.41, 5.74) is -0.381. The van der Waals surface area contributed by atoms with Crippen LogP contribution >= 0.6 is 0 Å². The van der Waals surface area contributed by atoms with Gasteiger partial charge in [0, 0.05) is 18.7 Å². The number of carboxylic acids is 1. The van der Waals surface area contributed by atoms with E-state index in [-0.39, 0.29) is 18.7 Å². The number of carbonyl (C=O) groups is 1. The Morgan fingerprint density at radius 2 is 2.00 bits per heavy atom. The molecular formula is C9H8F3NO2. The molecule has 0 bridgehead atoms. The Bertz CT molecular complexity index is 382. The van der Waals surface area contributed by atoms with Gasteiger partial charge in [0.25, 0.3) is 0 Å². The van der Waals surface area contributed by atoms with E-state index in [2.05, 4.69) is 5.32 Å². The third-order valence-corrected chi connectivity index (χ3v) is 1.65. The zero-order valence-electron chi connectivity index (χ0n) is 7.56. The van der Waals surface area contributed by atoms with Gasteiger partial charge in [-0.1, -0.05) is 0 Å². The standard InChI is InChI=1S/C9H8F3NO2/c10-5-3-6(11)9(12)7(4-5)13-2-1-8(14)15/h3-4,13H,1-2H2,(H,14,15). The van der Waals surface area contributed by atoms with E-state index < -0.39 is 23.4 Å². The van der Waals surface area contributed by atoms with Gasteiger partial charge in [-0.25, -0.2) is 13.2 Å². The summed E-state index contributed by atoms with van der Waals surface area (Å²) in [6, 6.07) is 1.18. The summed E-state index contributed by atoms with van der Waals surface area (Å²) in [6.45, 7) is -0.102. The van der Waals surface area contributed by atoms with Gasteiger partial charge in [-0.3, -0.25) is 4.79 Å². The number of aliphatic carboxylic acids is 1. The molecule has 15 heavy (non-hydrogen) atoms. The van der Waals surface area contributed by atoms with Crippen LogP contribution in [0.3, 0.4) is 0 Å². The van der Waals surface area contributed by atoms with E-state index >= 15 is 0 Å². The maximum Gasteiger partial charge on any atom is 0.305 e. The molecule has 0 unspecified atom stereocenters. The topological polar surface area (TPSA) is 49.3 Å². The summed E-state index contributed by atoms with van der Waals surface area (Å²) in [5, 5.41) is 10.6. The highest BCUT2D eigenvalue weighted by Crippen LogP contribution is 2.18. The molecule has 0 radical (unpaired) electrons. The van der Waals surface area contributed by atoms with Crippen molar-refractivity contribution in [3.8, 4) is 0 Å². The van der Waals surface area contributed by atoms with Gasteiger partial charge in [-0.05, 0) is 0 Å². The Kier molecular flexibility index (Phi) is 3.54. The predicted octanol–water partition coefficient (Wildman–Crippen LogP) is 1.99. The van der Waals surface area contributed by atoms with Crippen LogP contribution in [0.5, 0.6) is 0 Å². The molecule has 0 aliphatic heterocycles. The van der Waals surface area contributed by atoms with E-state index in [9.17, 15) is 18.0 Å². The van der Waals surface area contributed by atoms with Crippen LogP contribution in [0.4, 0.5) is 18.9 Å². The fraction of sp³-hybridized carbons (Fsp3) is 0.222. The van der Waals surface area contributed by atoms with Gasteiger partial charge >= 0.3 is 5.97 Å². The first-order valence-corrected chi connectivity index (χ1v) is 4.11. The number of hydrogen-bond donors (Lipinski definition) is 2. The highest BCUT2D eigenvalue weighted by molar-refractivity contribution is 5.67. The lowest BCUT2D eigenvalue weighted by atomic mass is 10.2. The van der Waals surface area contributed by atoms with Crippen LogP contribution in [-0.2, 0) is 4.79 Å². The van der Waals surface area contributed by atoms with Crippen LogP contribution in [0.25, 0.3) is 0 Å². The highest BCUT2D eigenvalue weighted by Gasteiger charge is 2.10. The molecule has 0 heterocycles. The van der Waals surface area contributed by atoms with Crippen molar-refractivity contribution in [3.63, 3.8) is 0 Å². The van der Waals surface area contributed by atoms with Crippen molar-refractivity contribution in [2.45, 2.75) is 6.42 Å². The fourth-order valence-corrected chi connectivity index (χ4v) is 0.989. The van der Waals surface area contributed by atoms with Crippen LogP contribution in [0, 0.1) is 17.5 Å². The molecule has 6 heteroatoms. The maximum atomic E-state index is 13.0. The summed E-state index contributed by atoms with van der Waals surface area (Å²) in [7, 11) is 0. The van der Waals surface area contributed by atoms with Crippen LogP contribution in [0.2, 0.25) is 0 Å². The molecule has 0 aliphatic rings. The second-order valence-electron chi connectivity index (χ2n) is 2.82. The lowest BCUT2D eigenvalue weighted by Gasteiger charge is -2.06. The SMILES string of the molecule is O=C(O)CCNc1cc(F)cc(F)c1F. The maximum absolute atomic E-state index is 13.0. The molecule has 0 spiro atoms. The summed E-state index contributed by atoms with van der Waals surface area (Å²) in [6.07, 6.45) is -0.266. The molecule has 0 aromatic heterocycles. The number of halogens is 3. The molecule has 0 saturated carbocycles. The first kappa shape index (κ1) is 11.4. The third-order valence-electron chi connectivity index (χ3n) is 1.65. The van der Waals surface area contributed by atoms with E-state index in [1.807, 2.05) is 0 Å². The smallest absolute Gasteiger partial charge is 0.305 e. The normalized spacial score (nSPS) is 10.1. The Hall–Kier alpha value is -1.72. The molecule has 0 aliphatic carbocycles. The summed E-state index contributed by atoms with van der Waals surface area (Å²) < 4.78 is 38.2. The lowest BCUT2D eigenvalue weighted by molar-refractivity contribution is -0.136. The van der Waals surface area contributed by atoms with E-state index in [0.717, 1.165) is 6.07 Å². The molecule has 1 aromatic carbocycles. The average molecular weight is 219 g/mol. The molecule has 3 nitrogen and oxygen atoms in total. The third kappa shape index (κ3) is 3.16. The van der Waals surface area contributed by atoms with Crippen molar-refractivity contribution in [2.24, 2.45) is 0 Å². The van der Waals surface area contributed by atoms with Crippen LogP contribution in [-0.4, -0.2) is 17.6 Å². The monoisotopic (exact) mass is 219 g/mol. The van der Waals surface area contributed by atoms with Crippen molar-refractivity contribution >= 4 is 11.7 Å². The zero-order chi connectivity index (χ0) is 11.4. The molecular weight excluding hydrogens is 211 g/mol. The van der Waals surface area contributed by atoms with E-state index in [1.165, 1.54) is 0 Å². The van der Waals surface area contributed by atoms with E-state index in [4.69, 9.17) is 5.11 Å². The second kappa shape index (κ2) is 4.68. The molecule has 82 valence electrons. The number of carboxylic acid groups (broad SMARTS) is 1. The first-order chi connectivity index (χ1) is 7.00. The Morgan fingerprint density at radius 1 is 1.33 bits per heavy atom. The average Bonchev–Trinajstić information content (AvgIpc) is 2.12. The second-order valence-corrected chi connectivity index (χ2v) is 2.82. The number of nitrogens with one attached hydrogen (secondary N) is 1. The van der Waals surface area contributed by atoms with Gasteiger partial charge in [-0.15, -0.1) is 0 Å². The van der Waals surface area contributed by atoms with Crippen molar-refractivity contribution in [1.82, 2.24) is 0 Å². The predicted molar refractivity (Wildman–Crippen MR) is 47.1 cm³/mol. The van der Waals surface area contributed by atoms with Gasteiger partial charge in [0.05, 0.1) is 12.1 Å². The summed E-state index contributed by atoms with van der Waals surface area (Å²) in [4.78, 5) is 10.1. The van der Waals surface area contributed by atoms with Crippen molar-refractivity contribution in [1.29, 1.82) is 0 Å². The Balaban J connectivity index is 2.72. The van der Waals surface area contributed by atoms with Gasteiger partial charge < -0.3 is 10.4 Å². The summed E-state index contributed by atoms with van der Waals surface area (Å²) in [5.74, 6) is -4.54. The largest absolute Gasteiger partial charge is 0.481 e. The van der Waals surface area contributed by atoms with Crippen LogP contribution in [0.1, 0.15) is 6.42 Å². The minimum Gasteiger partial charge on any atom is -0.481 e. The first-order valence-electron chi connectivity index (χ1n) is 4.11. The van der Waals surface area contributed by atoms with Crippen molar-refractivity contribution < 1.29 is 23.1 Å². The van der Waals surface area contributed by atoms with Gasteiger partial charge in [0.15, 0.2) is 11.6 Å². The quantitative estimate of drug-likeness (QED) is 0.761. The minimum atomic E-state index is -1.31. The zero-order valence-corrected chi connectivity index (χ0v) is 7.56. The minimum absolute atomic E-state index is 0.102. The lowest BCUT2D eigenvalue weighted by Crippen LogP contribution is -2.09. The van der Waals surface area contributed by atoms with Gasteiger partial charge in [0.2, 0.25) is 0 Å². The van der Waals surface area contributed by atoms with Crippen LogP contribution < -0.4 is 5.32 Å². The van der Waals surface area contributed by atoms with E-state index in [0.29, 0.717) is 6.07 Å².